The summed E-state index contributed by atoms with van der Waals surface area (Å²) in [6.45, 7) is -1.14. The highest BCUT2D eigenvalue weighted by molar-refractivity contribution is 8.07. The molecular formula is C44H48N7O12PS. The number of carbonyl (C=O) groups excluding carboxylic acids is 1. The van der Waals surface area contributed by atoms with E-state index in [0.717, 1.165) is 16.7 Å². The molecule has 19 nitrogen and oxygen atoms in total. The third kappa shape index (κ3) is 9.48. The quantitative estimate of drug-likeness (QED) is 0.0692. The molecule has 0 spiro atoms. The van der Waals surface area contributed by atoms with Gasteiger partial charge in [-0.25, -0.2) is 19.7 Å². The number of aromatic nitrogens is 6. The molecule has 7 atom stereocenters. The van der Waals surface area contributed by atoms with Crippen molar-refractivity contribution in [2.45, 2.75) is 69.2 Å². The number of ether oxygens (including phenoxy) is 6. The van der Waals surface area contributed by atoms with Crippen LogP contribution in [-0.4, -0.2) is 94.0 Å². The molecule has 65 heavy (non-hydrogen) atoms. The molecule has 8 rings (SSSR count). The summed E-state index contributed by atoms with van der Waals surface area (Å²) >= 11 is 6.01. The predicted molar refractivity (Wildman–Crippen MR) is 239 cm³/mol. The van der Waals surface area contributed by atoms with Gasteiger partial charge in [-0.3, -0.25) is 23.7 Å². The zero-order valence-electron chi connectivity index (χ0n) is 36.1. The summed E-state index contributed by atoms with van der Waals surface area (Å²) in [5.41, 5.74) is 7.33. The molecule has 3 N–H and O–H groups in total. The van der Waals surface area contributed by atoms with Crippen LogP contribution < -0.4 is 26.5 Å². The minimum absolute atomic E-state index is 0.0494. The van der Waals surface area contributed by atoms with Crippen LogP contribution in [0, 0.1) is 6.92 Å². The lowest BCUT2D eigenvalue weighted by Crippen LogP contribution is -2.38. The maximum Gasteiger partial charge on any atom is 0.330 e. The molecule has 0 bridgehead atoms. The van der Waals surface area contributed by atoms with E-state index in [0.29, 0.717) is 28.2 Å². The zero-order chi connectivity index (χ0) is 45.9. The molecule has 342 valence electrons. The molecule has 0 saturated carbocycles. The summed E-state index contributed by atoms with van der Waals surface area (Å²) in [6, 6.07) is 25.1. The smallest absolute Gasteiger partial charge is 0.330 e. The molecular weight excluding hydrogens is 882 g/mol. The highest BCUT2D eigenvalue weighted by Gasteiger charge is 2.46. The number of benzene rings is 3. The lowest BCUT2D eigenvalue weighted by atomic mass is 9.80. The van der Waals surface area contributed by atoms with E-state index in [4.69, 9.17) is 59.5 Å². The Kier molecular flexibility index (Phi) is 13.6. The molecule has 3 aromatic heterocycles. The molecule has 0 amide bonds. The van der Waals surface area contributed by atoms with Crippen molar-refractivity contribution < 1.29 is 46.8 Å². The topological polar surface area (TPSA) is 225 Å². The number of imidazole rings is 1. The van der Waals surface area contributed by atoms with Gasteiger partial charge in [-0.15, -0.1) is 0 Å². The zero-order valence-corrected chi connectivity index (χ0v) is 37.8. The number of hydrogen-bond acceptors (Lipinski definition) is 17. The van der Waals surface area contributed by atoms with Crippen LogP contribution in [-0.2, 0) is 54.7 Å². The number of fused-ring (bicyclic) bond motifs is 1. The first-order valence-electron chi connectivity index (χ1n) is 20.5. The molecule has 2 aliphatic rings. The van der Waals surface area contributed by atoms with Crippen LogP contribution in [0.5, 0.6) is 11.5 Å². The van der Waals surface area contributed by atoms with Crippen molar-refractivity contribution in [3.63, 3.8) is 0 Å². The van der Waals surface area contributed by atoms with Crippen LogP contribution in [0.3, 0.4) is 0 Å². The first-order chi connectivity index (χ1) is 31.3. The molecule has 0 radical (unpaired) electrons. The molecule has 6 aromatic rings. The van der Waals surface area contributed by atoms with Crippen molar-refractivity contribution in [1.29, 1.82) is 0 Å². The van der Waals surface area contributed by atoms with Gasteiger partial charge >= 0.3 is 18.4 Å². The van der Waals surface area contributed by atoms with Crippen LogP contribution in [0.15, 0.2) is 107 Å². The molecule has 5 heterocycles. The number of nitrogens with zero attached hydrogens (tertiary/aromatic N) is 5. The largest absolute Gasteiger partial charge is 0.497 e. The minimum Gasteiger partial charge on any atom is -0.497 e. The summed E-state index contributed by atoms with van der Waals surface area (Å²) in [5.74, 6) is 0.976. The van der Waals surface area contributed by atoms with E-state index < -0.39 is 66.4 Å². The second kappa shape index (κ2) is 19.3. The summed E-state index contributed by atoms with van der Waals surface area (Å²) in [5, 5.41) is 0. The number of rotatable bonds is 17. The van der Waals surface area contributed by atoms with Crippen LogP contribution >= 0.6 is 6.72 Å². The van der Waals surface area contributed by atoms with Crippen molar-refractivity contribution in [2.75, 3.05) is 40.3 Å². The van der Waals surface area contributed by atoms with Gasteiger partial charge in [-0.1, -0.05) is 54.6 Å². The van der Waals surface area contributed by atoms with E-state index in [1.165, 1.54) is 31.1 Å². The second-order valence-corrected chi connectivity index (χ2v) is 18.4. The van der Waals surface area contributed by atoms with Gasteiger partial charge in [0.2, 0.25) is 0 Å². The predicted octanol–water partition coefficient (Wildman–Crippen LogP) is 5.07. The highest BCUT2D eigenvalue weighted by Crippen LogP contribution is 2.54. The fraction of sp³-hybridized carbons (Fsp3) is 0.364. The van der Waals surface area contributed by atoms with Gasteiger partial charge in [-0.2, -0.15) is 0 Å². The Bertz CT molecular complexity index is 2740. The van der Waals surface area contributed by atoms with E-state index in [1.54, 1.807) is 32.0 Å². The van der Waals surface area contributed by atoms with Crippen molar-refractivity contribution in [3.8, 4) is 11.5 Å². The number of aromatic amines is 1. The Morgan fingerprint density at radius 3 is 2.06 bits per heavy atom. The third-order valence-corrected chi connectivity index (χ3v) is 13.8. The number of carbonyl (C=O) groups is 1. The van der Waals surface area contributed by atoms with E-state index in [1.807, 2.05) is 78.9 Å². The van der Waals surface area contributed by atoms with Gasteiger partial charge < -0.3 is 47.7 Å². The molecule has 0 aliphatic carbocycles. The fourth-order valence-corrected chi connectivity index (χ4v) is 9.76. The van der Waals surface area contributed by atoms with Gasteiger partial charge in [0.15, 0.2) is 11.5 Å². The Morgan fingerprint density at radius 2 is 1.45 bits per heavy atom. The molecule has 2 fully saturated rings. The van der Waals surface area contributed by atoms with Crippen LogP contribution in [0.25, 0.3) is 11.2 Å². The first-order valence-corrected chi connectivity index (χ1v) is 23.1. The standard InChI is InChI=1S/C44H48N7O12PS/c1-26-21-50(43(54)49-42(26)53)37-19-33(60-27(2)52)36(62-37)23-59-64(65,57-5)63-34-20-38(51-25-48-39-40(45)46-24-47-41(39)51)61-35(34)22-58-44(28-9-7-6-8-10-28,29-11-15-31(55-3)16-12-29)30-13-17-32(56-4)18-14-30/h6-18,21,24-25,33-38H,19-20,22-23H2,1-5H3,(H2,45,46,47)(H,49,53,54)/t33-,34-,35+,36+,37+,38+,64?/m0/s1. The van der Waals surface area contributed by atoms with Crippen molar-refractivity contribution >= 4 is 41.5 Å². The number of hydrogen-bond donors (Lipinski definition) is 2. The summed E-state index contributed by atoms with van der Waals surface area (Å²) in [6.07, 6.45) is -0.354. The fourth-order valence-electron chi connectivity index (χ4n) is 8.11. The maximum atomic E-state index is 12.8. The Morgan fingerprint density at radius 1 is 0.846 bits per heavy atom. The monoisotopic (exact) mass is 929 g/mol. The number of H-pyrrole nitrogens is 1. The van der Waals surface area contributed by atoms with Crippen LogP contribution in [0.2, 0.25) is 0 Å². The Balaban J connectivity index is 1.12. The van der Waals surface area contributed by atoms with Gasteiger partial charge in [0, 0.05) is 38.6 Å². The summed E-state index contributed by atoms with van der Waals surface area (Å²) in [4.78, 5) is 52.4. The number of nitrogens with one attached hydrogen (secondary N) is 1. The number of esters is 1. The van der Waals surface area contributed by atoms with E-state index in [-0.39, 0.29) is 31.9 Å². The number of anilines is 1. The third-order valence-electron chi connectivity index (χ3n) is 11.4. The summed E-state index contributed by atoms with van der Waals surface area (Å²) in [7, 11) is 4.59. The molecule has 21 heteroatoms. The SMILES string of the molecule is COc1ccc(C(OC[C@H]2O[C@@H](n3cnc4c(N)ncnc43)C[C@@H]2OP(=S)(OC)OC[C@H]2O[C@@H](n3cc(C)c(=O)[nH]c3=O)C[C@@H]2OC(C)=O)(c2ccccc2)c2ccc(OC)cc2)cc1. The number of aryl methyl sites for hydroxylation is 1. The highest BCUT2D eigenvalue weighted by atomic mass is 32.5. The van der Waals surface area contributed by atoms with Crippen LogP contribution in [0.4, 0.5) is 5.82 Å². The average molecular weight is 930 g/mol. The van der Waals surface area contributed by atoms with Gasteiger partial charge in [0.25, 0.3) is 5.56 Å². The molecule has 3 aromatic carbocycles. The van der Waals surface area contributed by atoms with E-state index in [9.17, 15) is 14.4 Å². The van der Waals surface area contributed by atoms with Gasteiger partial charge in [-0.05, 0) is 59.7 Å². The number of methoxy groups -OCH3 is 2. The summed E-state index contributed by atoms with van der Waals surface area (Å²) < 4.78 is 58.8. The van der Waals surface area contributed by atoms with Crippen molar-refractivity contribution in [1.82, 2.24) is 29.1 Å². The lowest BCUT2D eigenvalue weighted by Gasteiger charge is -2.37. The van der Waals surface area contributed by atoms with Gasteiger partial charge in [0.1, 0.15) is 59.7 Å². The molecule has 2 aliphatic heterocycles. The Labute approximate surface area is 377 Å². The number of nitrogens with two attached hydrogens (primary N) is 1. The number of nitrogen functional groups attached to an aromatic ring is 1. The second-order valence-electron chi connectivity index (χ2n) is 15.3. The average Bonchev–Trinajstić information content (AvgIpc) is 4.05. The van der Waals surface area contributed by atoms with Crippen molar-refractivity contribution in [3.05, 3.63) is 141 Å². The normalized spacial score (nSPS) is 21.9. The maximum absolute atomic E-state index is 12.8. The van der Waals surface area contributed by atoms with Crippen LogP contribution in [0.1, 0.15) is 54.5 Å². The molecule has 2 saturated heterocycles. The van der Waals surface area contributed by atoms with E-state index >= 15 is 0 Å². The first kappa shape index (κ1) is 45.7. The lowest BCUT2D eigenvalue weighted by molar-refractivity contribution is -0.150. The van der Waals surface area contributed by atoms with Gasteiger partial charge in [0.05, 0.1) is 39.9 Å². The molecule has 1 unspecified atom stereocenters. The van der Waals surface area contributed by atoms with E-state index in [2.05, 4.69) is 19.9 Å². The Hall–Kier alpha value is -5.83. The van der Waals surface area contributed by atoms with Crippen molar-refractivity contribution in [2.24, 2.45) is 0 Å². The minimum atomic E-state index is -3.67.